The molecule has 0 atom stereocenters. The van der Waals surface area contributed by atoms with Crippen molar-refractivity contribution in [1.29, 1.82) is 0 Å². The first-order valence-electron chi connectivity index (χ1n) is 5.30. The predicted molar refractivity (Wildman–Crippen MR) is 101 cm³/mol. The Hall–Kier alpha value is 0.0300. The topological polar surface area (TPSA) is 43.1 Å². The first-order chi connectivity index (χ1) is 8.90. The van der Waals surface area contributed by atoms with Crippen LogP contribution in [0.4, 0.5) is 5.69 Å². The largest absolute Gasteiger partial charge is 0.277 e. The maximum absolute atomic E-state index is 11.2. The molecule has 0 bridgehead atoms. The van der Waals surface area contributed by atoms with Crippen LogP contribution in [0.1, 0.15) is 5.56 Å². The molecule has 0 aromatic heterocycles. The van der Waals surface area contributed by atoms with E-state index in [0.717, 1.165) is 21.8 Å². The first-order valence-corrected chi connectivity index (χ1v) is 8.53. The number of hydrogen-bond donors (Lipinski definition) is 0. The molecule has 0 aliphatic carbocycles. The highest BCUT2D eigenvalue weighted by Crippen LogP contribution is 2.37. The summed E-state index contributed by atoms with van der Waals surface area (Å²) in [4.78, 5) is 10.9. The van der Waals surface area contributed by atoms with Gasteiger partial charge < -0.3 is 0 Å². The number of halogens is 3. The van der Waals surface area contributed by atoms with E-state index in [1.807, 2.05) is 31.2 Å². The summed E-state index contributed by atoms with van der Waals surface area (Å²) in [6.45, 7) is 1.86. The van der Waals surface area contributed by atoms with Gasteiger partial charge >= 0.3 is 0 Å². The van der Waals surface area contributed by atoms with Crippen LogP contribution in [-0.2, 0) is 0 Å². The Morgan fingerprint density at radius 1 is 1.05 bits per heavy atom. The standard InChI is InChI=1S/C13H8I3NO2/c1-7-2-3-9(12(4-7)17(18)19)13-10(15)5-8(14)6-11(13)16/h2-6H,1H3. The van der Waals surface area contributed by atoms with E-state index in [2.05, 4.69) is 67.8 Å². The number of nitrogens with zero attached hydrogens (tertiary/aromatic N) is 1. The second-order valence-corrected chi connectivity index (χ2v) is 7.59. The van der Waals surface area contributed by atoms with Gasteiger partial charge in [0.1, 0.15) is 0 Å². The van der Waals surface area contributed by atoms with Crippen molar-refractivity contribution in [2.24, 2.45) is 0 Å². The zero-order valence-corrected chi connectivity index (χ0v) is 16.3. The summed E-state index contributed by atoms with van der Waals surface area (Å²) in [5, 5.41) is 11.2. The normalized spacial score (nSPS) is 10.5. The van der Waals surface area contributed by atoms with Crippen molar-refractivity contribution in [2.45, 2.75) is 6.92 Å². The van der Waals surface area contributed by atoms with Crippen LogP contribution in [0.15, 0.2) is 30.3 Å². The van der Waals surface area contributed by atoms with Crippen LogP contribution in [0, 0.1) is 27.7 Å². The zero-order chi connectivity index (χ0) is 14.2. The molecule has 0 heterocycles. The van der Waals surface area contributed by atoms with E-state index in [1.54, 1.807) is 6.07 Å². The Labute approximate surface area is 151 Å². The number of benzene rings is 2. The van der Waals surface area contributed by atoms with Crippen molar-refractivity contribution >= 4 is 73.5 Å². The summed E-state index contributed by atoms with van der Waals surface area (Å²) >= 11 is 6.71. The Kier molecular flexibility index (Phi) is 5.04. The fourth-order valence-electron chi connectivity index (χ4n) is 1.80. The number of hydrogen-bond acceptors (Lipinski definition) is 2. The average Bonchev–Trinajstić information content (AvgIpc) is 2.29. The molecule has 0 N–H and O–H groups in total. The first kappa shape index (κ1) is 15.4. The molecule has 98 valence electrons. The molecular weight excluding hydrogens is 583 g/mol. The number of nitro groups is 1. The lowest BCUT2D eigenvalue weighted by molar-refractivity contribution is -0.384. The zero-order valence-electron chi connectivity index (χ0n) is 9.78. The lowest BCUT2D eigenvalue weighted by atomic mass is 10.0. The molecule has 6 heteroatoms. The van der Waals surface area contributed by atoms with E-state index in [0.29, 0.717) is 5.56 Å². The molecule has 19 heavy (non-hydrogen) atoms. The number of nitro benzene ring substituents is 1. The van der Waals surface area contributed by atoms with Crippen molar-refractivity contribution in [2.75, 3.05) is 0 Å². The Morgan fingerprint density at radius 3 is 2.16 bits per heavy atom. The van der Waals surface area contributed by atoms with E-state index in [-0.39, 0.29) is 10.6 Å². The molecule has 0 aliphatic heterocycles. The van der Waals surface area contributed by atoms with Crippen LogP contribution in [0.2, 0.25) is 0 Å². The predicted octanol–water partition coefficient (Wildman–Crippen LogP) is 5.38. The second-order valence-electron chi connectivity index (χ2n) is 4.02. The monoisotopic (exact) mass is 591 g/mol. The SMILES string of the molecule is Cc1ccc(-c2c(I)cc(I)cc2I)c([N+](=O)[O-])c1. The van der Waals surface area contributed by atoms with Crippen molar-refractivity contribution < 1.29 is 4.92 Å². The van der Waals surface area contributed by atoms with Gasteiger partial charge in [0.2, 0.25) is 0 Å². The number of aryl methyl sites for hydroxylation is 1. The summed E-state index contributed by atoms with van der Waals surface area (Å²) in [6.07, 6.45) is 0. The molecule has 0 saturated heterocycles. The Bertz CT molecular complexity index is 648. The van der Waals surface area contributed by atoms with Gasteiger partial charge in [0.25, 0.3) is 5.69 Å². The molecule has 3 nitrogen and oxygen atoms in total. The molecule has 0 unspecified atom stereocenters. The summed E-state index contributed by atoms with van der Waals surface area (Å²) < 4.78 is 3.19. The van der Waals surface area contributed by atoms with Gasteiger partial charge in [-0.3, -0.25) is 10.1 Å². The third-order valence-corrected chi connectivity index (χ3v) is 4.95. The average molecular weight is 591 g/mol. The molecule has 0 fully saturated rings. The summed E-state index contributed by atoms with van der Waals surface area (Å²) in [6, 6.07) is 9.43. The van der Waals surface area contributed by atoms with Crippen molar-refractivity contribution in [3.63, 3.8) is 0 Å². The second kappa shape index (κ2) is 6.20. The lowest BCUT2D eigenvalue weighted by Crippen LogP contribution is -1.96. The molecular formula is C13H8I3NO2. The molecule has 0 radical (unpaired) electrons. The molecule has 2 aromatic rings. The molecule has 2 aromatic carbocycles. The van der Waals surface area contributed by atoms with E-state index in [4.69, 9.17) is 0 Å². The maximum atomic E-state index is 11.2. The quantitative estimate of drug-likeness (QED) is 0.268. The summed E-state index contributed by atoms with van der Waals surface area (Å²) in [7, 11) is 0. The van der Waals surface area contributed by atoms with E-state index < -0.39 is 0 Å². The van der Waals surface area contributed by atoms with Gasteiger partial charge in [0, 0.05) is 22.3 Å². The van der Waals surface area contributed by atoms with Crippen molar-refractivity contribution in [3.8, 4) is 11.1 Å². The van der Waals surface area contributed by atoms with E-state index in [9.17, 15) is 10.1 Å². The summed E-state index contributed by atoms with van der Waals surface area (Å²) in [5.74, 6) is 0. The molecule has 0 aliphatic rings. The van der Waals surface area contributed by atoms with E-state index in [1.165, 1.54) is 0 Å². The third-order valence-electron chi connectivity index (χ3n) is 2.63. The minimum absolute atomic E-state index is 0.164. The van der Waals surface area contributed by atoms with Crippen LogP contribution < -0.4 is 0 Å². The van der Waals surface area contributed by atoms with Gasteiger partial charge in [-0.1, -0.05) is 6.07 Å². The summed E-state index contributed by atoms with van der Waals surface area (Å²) in [5.41, 5.74) is 2.68. The van der Waals surface area contributed by atoms with Gasteiger partial charge in [0.05, 0.1) is 10.5 Å². The fourth-order valence-corrected chi connectivity index (χ4v) is 5.97. The van der Waals surface area contributed by atoms with Gasteiger partial charge in [-0.05, 0) is 98.5 Å². The van der Waals surface area contributed by atoms with Crippen LogP contribution in [-0.4, -0.2) is 4.92 Å². The minimum Gasteiger partial charge on any atom is -0.258 e. The Balaban J connectivity index is 2.76. The van der Waals surface area contributed by atoms with Gasteiger partial charge in [0.15, 0.2) is 0 Å². The highest BCUT2D eigenvalue weighted by atomic mass is 127. The Morgan fingerprint density at radius 2 is 1.63 bits per heavy atom. The van der Waals surface area contributed by atoms with Gasteiger partial charge in [-0.15, -0.1) is 0 Å². The smallest absolute Gasteiger partial charge is 0.258 e. The third kappa shape index (κ3) is 3.38. The molecule has 2 rings (SSSR count). The lowest BCUT2D eigenvalue weighted by Gasteiger charge is -2.10. The highest BCUT2D eigenvalue weighted by molar-refractivity contribution is 14.1. The molecule has 0 saturated carbocycles. The fraction of sp³-hybridized carbons (Fsp3) is 0.0769. The molecule has 0 amide bonds. The van der Waals surface area contributed by atoms with Gasteiger partial charge in [-0.25, -0.2) is 0 Å². The van der Waals surface area contributed by atoms with Crippen molar-refractivity contribution in [3.05, 3.63) is 56.7 Å². The van der Waals surface area contributed by atoms with Gasteiger partial charge in [-0.2, -0.15) is 0 Å². The highest BCUT2D eigenvalue weighted by Gasteiger charge is 2.19. The number of rotatable bonds is 2. The van der Waals surface area contributed by atoms with Crippen LogP contribution in [0.3, 0.4) is 0 Å². The minimum atomic E-state index is -0.313. The van der Waals surface area contributed by atoms with Crippen LogP contribution in [0.5, 0.6) is 0 Å². The van der Waals surface area contributed by atoms with Crippen molar-refractivity contribution in [1.82, 2.24) is 0 Å². The van der Waals surface area contributed by atoms with Crippen LogP contribution >= 0.6 is 67.8 Å². The van der Waals surface area contributed by atoms with E-state index >= 15 is 0 Å². The maximum Gasteiger partial charge on any atom is 0.277 e. The van der Waals surface area contributed by atoms with Crippen LogP contribution in [0.25, 0.3) is 11.1 Å². The molecule has 0 spiro atoms.